The SMILES string of the molecule is N#Cc1cc(Cl)nc(NCCC2CCCC2)c1. The van der Waals surface area contributed by atoms with Gasteiger partial charge in [-0.05, 0) is 24.5 Å². The lowest BCUT2D eigenvalue weighted by atomic mass is 10.0. The van der Waals surface area contributed by atoms with Crippen molar-refractivity contribution in [2.75, 3.05) is 11.9 Å². The Morgan fingerprint density at radius 2 is 2.18 bits per heavy atom. The van der Waals surface area contributed by atoms with E-state index in [0.29, 0.717) is 16.5 Å². The molecule has 4 heteroatoms. The van der Waals surface area contributed by atoms with E-state index in [1.165, 1.54) is 32.1 Å². The molecule has 0 radical (unpaired) electrons. The van der Waals surface area contributed by atoms with E-state index in [2.05, 4.69) is 16.4 Å². The molecule has 2 rings (SSSR count). The molecular weight excluding hydrogens is 234 g/mol. The summed E-state index contributed by atoms with van der Waals surface area (Å²) in [6.45, 7) is 0.906. The number of aromatic nitrogens is 1. The van der Waals surface area contributed by atoms with E-state index in [9.17, 15) is 0 Å². The first-order valence-electron chi connectivity index (χ1n) is 6.09. The molecular formula is C13H16ClN3. The van der Waals surface area contributed by atoms with Gasteiger partial charge in [0.2, 0.25) is 0 Å². The van der Waals surface area contributed by atoms with Crippen molar-refractivity contribution in [2.45, 2.75) is 32.1 Å². The summed E-state index contributed by atoms with van der Waals surface area (Å²) in [6, 6.07) is 5.39. The summed E-state index contributed by atoms with van der Waals surface area (Å²) in [7, 11) is 0. The summed E-state index contributed by atoms with van der Waals surface area (Å²) >= 11 is 5.83. The number of halogens is 1. The zero-order valence-electron chi connectivity index (χ0n) is 9.75. The first-order valence-corrected chi connectivity index (χ1v) is 6.47. The van der Waals surface area contributed by atoms with E-state index in [1.807, 2.05) is 0 Å². The van der Waals surface area contributed by atoms with Crippen LogP contribution >= 0.6 is 11.6 Å². The maximum atomic E-state index is 8.82. The van der Waals surface area contributed by atoms with Gasteiger partial charge in [-0.3, -0.25) is 0 Å². The van der Waals surface area contributed by atoms with Crippen molar-refractivity contribution in [3.8, 4) is 6.07 Å². The molecule has 1 heterocycles. The highest BCUT2D eigenvalue weighted by Crippen LogP contribution is 2.27. The standard InChI is InChI=1S/C13H16ClN3/c14-12-7-11(9-15)8-13(17-12)16-6-5-10-3-1-2-4-10/h7-8,10H,1-6H2,(H,16,17). The van der Waals surface area contributed by atoms with Crippen molar-refractivity contribution in [3.63, 3.8) is 0 Å². The minimum Gasteiger partial charge on any atom is -0.370 e. The van der Waals surface area contributed by atoms with E-state index < -0.39 is 0 Å². The van der Waals surface area contributed by atoms with Crippen LogP contribution in [0.25, 0.3) is 0 Å². The van der Waals surface area contributed by atoms with E-state index in [-0.39, 0.29) is 0 Å². The quantitative estimate of drug-likeness (QED) is 0.830. The number of hydrogen-bond acceptors (Lipinski definition) is 3. The molecule has 0 aromatic carbocycles. The van der Waals surface area contributed by atoms with Crippen molar-refractivity contribution in [1.29, 1.82) is 5.26 Å². The lowest BCUT2D eigenvalue weighted by Crippen LogP contribution is -2.08. The smallest absolute Gasteiger partial charge is 0.132 e. The molecule has 90 valence electrons. The number of rotatable bonds is 4. The van der Waals surface area contributed by atoms with Crippen LogP contribution in [0.3, 0.4) is 0 Å². The number of nitriles is 1. The molecule has 1 aliphatic rings. The number of pyridine rings is 1. The average molecular weight is 250 g/mol. The minimum atomic E-state index is 0.368. The largest absolute Gasteiger partial charge is 0.370 e. The maximum Gasteiger partial charge on any atom is 0.132 e. The minimum absolute atomic E-state index is 0.368. The van der Waals surface area contributed by atoms with Gasteiger partial charge in [0, 0.05) is 6.54 Å². The van der Waals surface area contributed by atoms with Crippen molar-refractivity contribution in [3.05, 3.63) is 22.8 Å². The highest BCUT2D eigenvalue weighted by molar-refractivity contribution is 6.29. The van der Waals surface area contributed by atoms with Crippen molar-refractivity contribution in [2.24, 2.45) is 5.92 Å². The second-order valence-electron chi connectivity index (χ2n) is 4.54. The summed E-state index contributed by atoms with van der Waals surface area (Å²) in [6.07, 6.45) is 6.63. The lowest BCUT2D eigenvalue weighted by molar-refractivity contribution is 0.518. The van der Waals surface area contributed by atoms with Gasteiger partial charge in [-0.1, -0.05) is 37.3 Å². The van der Waals surface area contributed by atoms with Crippen LogP contribution in [0.1, 0.15) is 37.7 Å². The van der Waals surface area contributed by atoms with Crippen LogP contribution in [-0.4, -0.2) is 11.5 Å². The predicted octanol–water partition coefficient (Wildman–Crippen LogP) is 3.60. The fourth-order valence-corrected chi connectivity index (χ4v) is 2.56. The first kappa shape index (κ1) is 12.2. The Hall–Kier alpha value is -1.27. The number of nitrogens with one attached hydrogen (secondary N) is 1. The molecule has 0 atom stereocenters. The van der Waals surface area contributed by atoms with E-state index in [1.54, 1.807) is 12.1 Å². The Labute approximate surface area is 107 Å². The van der Waals surface area contributed by atoms with Gasteiger partial charge in [0.15, 0.2) is 0 Å². The molecule has 1 aromatic heterocycles. The maximum absolute atomic E-state index is 8.82. The number of hydrogen-bond donors (Lipinski definition) is 1. The van der Waals surface area contributed by atoms with Crippen LogP contribution in [0.4, 0.5) is 5.82 Å². The molecule has 1 saturated carbocycles. The van der Waals surface area contributed by atoms with E-state index in [4.69, 9.17) is 16.9 Å². The molecule has 0 saturated heterocycles. The van der Waals surface area contributed by atoms with Crippen molar-refractivity contribution < 1.29 is 0 Å². The van der Waals surface area contributed by atoms with Gasteiger partial charge < -0.3 is 5.32 Å². The third-order valence-corrected chi connectivity index (χ3v) is 3.45. The zero-order chi connectivity index (χ0) is 12.1. The monoisotopic (exact) mass is 249 g/mol. The molecule has 1 fully saturated rings. The molecule has 1 aliphatic carbocycles. The van der Waals surface area contributed by atoms with Gasteiger partial charge in [-0.15, -0.1) is 0 Å². The number of anilines is 1. The third kappa shape index (κ3) is 3.61. The van der Waals surface area contributed by atoms with Crippen molar-refractivity contribution >= 4 is 17.4 Å². The summed E-state index contributed by atoms with van der Waals surface area (Å²) in [5, 5.41) is 12.4. The molecule has 0 spiro atoms. The van der Waals surface area contributed by atoms with Crippen molar-refractivity contribution in [1.82, 2.24) is 4.98 Å². The highest BCUT2D eigenvalue weighted by atomic mass is 35.5. The summed E-state index contributed by atoms with van der Waals surface area (Å²) in [5.41, 5.74) is 0.549. The summed E-state index contributed by atoms with van der Waals surface area (Å²) in [4.78, 5) is 4.15. The Morgan fingerprint density at radius 1 is 1.41 bits per heavy atom. The Morgan fingerprint density at radius 3 is 2.88 bits per heavy atom. The first-order chi connectivity index (χ1) is 8.28. The summed E-state index contributed by atoms with van der Waals surface area (Å²) < 4.78 is 0. The topological polar surface area (TPSA) is 48.7 Å². The summed E-state index contributed by atoms with van der Waals surface area (Å²) in [5.74, 6) is 1.56. The second-order valence-corrected chi connectivity index (χ2v) is 4.93. The van der Waals surface area contributed by atoms with Gasteiger partial charge in [0.25, 0.3) is 0 Å². The van der Waals surface area contributed by atoms with Crippen LogP contribution in [0.15, 0.2) is 12.1 Å². The van der Waals surface area contributed by atoms with Crippen LogP contribution in [0.5, 0.6) is 0 Å². The Kier molecular flexibility index (Phi) is 4.22. The fraction of sp³-hybridized carbons (Fsp3) is 0.538. The molecule has 17 heavy (non-hydrogen) atoms. The van der Waals surface area contributed by atoms with Gasteiger partial charge in [0.1, 0.15) is 11.0 Å². The molecule has 0 aliphatic heterocycles. The molecule has 1 aromatic rings. The fourth-order valence-electron chi connectivity index (χ4n) is 2.36. The molecule has 0 amide bonds. The Balaban J connectivity index is 1.85. The number of nitrogens with zero attached hydrogens (tertiary/aromatic N) is 2. The van der Waals surface area contributed by atoms with Gasteiger partial charge >= 0.3 is 0 Å². The highest BCUT2D eigenvalue weighted by Gasteiger charge is 2.14. The van der Waals surface area contributed by atoms with E-state index >= 15 is 0 Å². The van der Waals surface area contributed by atoms with Gasteiger partial charge in [-0.2, -0.15) is 5.26 Å². The lowest BCUT2D eigenvalue weighted by Gasteiger charge is -2.10. The average Bonchev–Trinajstić information content (AvgIpc) is 2.81. The Bertz CT molecular complexity index is 419. The van der Waals surface area contributed by atoms with Crippen LogP contribution < -0.4 is 5.32 Å². The molecule has 1 N–H and O–H groups in total. The predicted molar refractivity (Wildman–Crippen MR) is 69.0 cm³/mol. The molecule has 3 nitrogen and oxygen atoms in total. The van der Waals surface area contributed by atoms with Crippen LogP contribution in [0.2, 0.25) is 5.15 Å². The normalized spacial score (nSPS) is 15.8. The van der Waals surface area contributed by atoms with Gasteiger partial charge in [-0.25, -0.2) is 4.98 Å². The van der Waals surface area contributed by atoms with Crippen LogP contribution in [-0.2, 0) is 0 Å². The second kappa shape index (κ2) is 5.88. The third-order valence-electron chi connectivity index (χ3n) is 3.26. The molecule has 0 bridgehead atoms. The zero-order valence-corrected chi connectivity index (χ0v) is 10.5. The van der Waals surface area contributed by atoms with E-state index in [0.717, 1.165) is 12.5 Å². The van der Waals surface area contributed by atoms with Gasteiger partial charge in [0.05, 0.1) is 11.6 Å². The molecule has 0 unspecified atom stereocenters. The van der Waals surface area contributed by atoms with Crippen LogP contribution in [0, 0.1) is 17.2 Å².